The molecule has 0 aliphatic carbocycles. The molecule has 15 heavy (non-hydrogen) atoms. The molecule has 0 bridgehead atoms. The predicted octanol–water partition coefficient (Wildman–Crippen LogP) is 2.11. The molecule has 0 aliphatic rings. The molecule has 0 spiro atoms. The minimum Gasteiger partial charge on any atom is -0.293 e. The third kappa shape index (κ3) is 2.07. The van der Waals surface area contributed by atoms with Crippen molar-refractivity contribution < 1.29 is 4.79 Å². The van der Waals surface area contributed by atoms with Gasteiger partial charge in [-0.2, -0.15) is 0 Å². The van der Waals surface area contributed by atoms with E-state index in [0.29, 0.717) is 11.5 Å². The summed E-state index contributed by atoms with van der Waals surface area (Å²) in [6.45, 7) is 3.40. The number of thiazole rings is 1. The summed E-state index contributed by atoms with van der Waals surface area (Å²) in [6, 6.07) is 1.60. The molecule has 2 aromatic heterocycles. The first-order chi connectivity index (χ1) is 7.16. The van der Waals surface area contributed by atoms with Gasteiger partial charge in [0.2, 0.25) is 0 Å². The van der Waals surface area contributed by atoms with Crippen LogP contribution >= 0.6 is 11.3 Å². The van der Waals surface area contributed by atoms with Gasteiger partial charge in [-0.15, -0.1) is 11.3 Å². The van der Waals surface area contributed by atoms with E-state index in [9.17, 15) is 4.79 Å². The van der Waals surface area contributed by atoms with E-state index in [1.807, 2.05) is 12.3 Å². The molecule has 0 amide bonds. The summed E-state index contributed by atoms with van der Waals surface area (Å²) in [6.07, 6.45) is 1.58. The normalized spacial score (nSPS) is 10.3. The van der Waals surface area contributed by atoms with E-state index < -0.39 is 0 Å². The largest absolute Gasteiger partial charge is 0.293 e. The Kier molecular flexibility index (Phi) is 2.55. The van der Waals surface area contributed by atoms with E-state index in [1.54, 1.807) is 12.3 Å². The number of nitrogens with zero attached hydrogens (tertiary/aromatic N) is 3. The van der Waals surface area contributed by atoms with E-state index >= 15 is 0 Å². The molecule has 2 aromatic rings. The monoisotopic (exact) mass is 219 g/mol. The fourth-order valence-corrected chi connectivity index (χ4v) is 1.85. The van der Waals surface area contributed by atoms with Gasteiger partial charge < -0.3 is 0 Å². The molecule has 0 fully saturated rings. The average Bonchev–Trinajstić information content (AvgIpc) is 2.65. The number of aryl methyl sites for hydroxylation is 1. The van der Waals surface area contributed by atoms with Gasteiger partial charge in [-0.25, -0.2) is 15.0 Å². The second-order valence-corrected chi connectivity index (χ2v) is 3.97. The van der Waals surface area contributed by atoms with Crippen LogP contribution in [-0.4, -0.2) is 20.7 Å². The Balaban J connectivity index is 2.45. The van der Waals surface area contributed by atoms with Crippen LogP contribution in [0.3, 0.4) is 0 Å². The maximum atomic E-state index is 11.1. The van der Waals surface area contributed by atoms with Crippen LogP contribution in [0.15, 0.2) is 17.6 Å². The number of ketones is 1. The number of hydrogen-bond acceptors (Lipinski definition) is 5. The number of aromatic nitrogens is 3. The minimum atomic E-state index is -0.0630. The zero-order valence-corrected chi connectivity index (χ0v) is 9.21. The minimum absolute atomic E-state index is 0.0630. The number of carbonyl (C=O) groups is 1. The van der Waals surface area contributed by atoms with E-state index in [2.05, 4.69) is 15.0 Å². The maximum absolute atomic E-state index is 11.1. The number of rotatable bonds is 2. The van der Waals surface area contributed by atoms with Crippen LogP contribution in [0.1, 0.15) is 23.1 Å². The van der Waals surface area contributed by atoms with Gasteiger partial charge in [0.1, 0.15) is 5.69 Å². The van der Waals surface area contributed by atoms with Gasteiger partial charge in [-0.1, -0.05) is 0 Å². The standard InChI is InChI=1S/C10H9N3OS/c1-6-5-15-10(12-6)9-11-4-3-8(13-9)7(2)14/h3-5H,1-2H3. The number of carbonyl (C=O) groups excluding carboxylic acids is 1. The zero-order valence-electron chi connectivity index (χ0n) is 8.39. The molecule has 0 unspecified atom stereocenters. The average molecular weight is 219 g/mol. The van der Waals surface area contributed by atoms with E-state index in [4.69, 9.17) is 0 Å². The third-order valence-corrected chi connectivity index (χ3v) is 2.78. The molecule has 2 heterocycles. The molecule has 0 saturated carbocycles. The maximum Gasteiger partial charge on any atom is 0.189 e. The van der Waals surface area contributed by atoms with Gasteiger partial charge in [-0.3, -0.25) is 4.79 Å². The van der Waals surface area contributed by atoms with Crippen molar-refractivity contribution in [2.75, 3.05) is 0 Å². The van der Waals surface area contributed by atoms with Gasteiger partial charge in [0, 0.05) is 24.2 Å². The quantitative estimate of drug-likeness (QED) is 0.726. The van der Waals surface area contributed by atoms with Crippen LogP contribution in [0.25, 0.3) is 10.8 Å². The second kappa shape index (κ2) is 3.86. The molecule has 4 nitrogen and oxygen atoms in total. The summed E-state index contributed by atoms with van der Waals surface area (Å²) in [5, 5.41) is 2.68. The Morgan fingerprint density at radius 2 is 2.20 bits per heavy atom. The first kappa shape index (κ1) is 9.92. The predicted molar refractivity (Wildman–Crippen MR) is 57.9 cm³/mol. The van der Waals surface area contributed by atoms with Crippen molar-refractivity contribution >= 4 is 17.1 Å². The van der Waals surface area contributed by atoms with Gasteiger partial charge >= 0.3 is 0 Å². The smallest absolute Gasteiger partial charge is 0.189 e. The summed E-state index contributed by atoms with van der Waals surface area (Å²) in [4.78, 5) is 23.6. The van der Waals surface area contributed by atoms with E-state index in [-0.39, 0.29) is 5.78 Å². The Labute approximate surface area is 91.0 Å². The van der Waals surface area contributed by atoms with Crippen molar-refractivity contribution in [2.45, 2.75) is 13.8 Å². The summed E-state index contributed by atoms with van der Waals surface area (Å²) in [7, 11) is 0. The zero-order chi connectivity index (χ0) is 10.8. The molecule has 5 heteroatoms. The molecule has 0 aromatic carbocycles. The summed E-state index contributed by atoms with van der Waals surface area (Å²) >= 11 is 1.48. The first-order valence-corrected chi connectivity index (χ1v) is 5.31. The van der Waals surface area contributed by atoms with Gasteiger partial charge in [0.25, 0.3) is 0 Å². The van der Waals surface area contributed by atoms with Crippen molar-refractivity contribution in [1.82, 2.24) is 15.0 Å². The summed E-state index contributed by atoms with van der Waals surface area (Å²) < 4.78 is 0. The fraction of sp³-hybridized carbons (Fsp3) is 0.200. The molecule has 0 N–H and O–H groups in total. The van der Waals surface area contributed by atoms with Crippen molar-refractivity contribution in [3.8, 4) is 10.8 Å². The lowest BCUT2D eigenvalue weighted by molar-refractivity contribution is 0.101. The Morgan fingerprint density at radius 3 is 2.80 bits per heavy atom. The van der Waals surface area contributed by atoms with Crippen molar-refractivity contribution in [3.63, 3.8) is 0 Å². The molecule has 0 radical (unpaired) electrons. The number of hydrogen-bond donors (Lipinski definition) is 0. The Bertz CT molecular complexity index is 507. The first-order valence-electron chi connectivity index (χ1n) is 4.43. The van der Waals surface area contributed by atoms with Crippen LogP contribution in [0, 0.1) is 6.92 Å². The highest BCUT2D eigenvalue weighted by Crippen LogP contribution is 2.19. The lowest BCUT2D eigenvalue weighted by Gasteiger charge is -1.96. The fourth-order valence-electron chi connectivity index (χ4n) is 1.11. The van der Waals surface area contributed by atoms with E-state index in [0.717, 1.165) is 10.7 Å². The molecule has 2 rings (SSSR count). The molecule has 76 valence electrons. The van der Waals surface area contributed by atoms with Crippen molar-refractivity contribution in [1.29, 1.82) is 0 Å². The molecule has 0 saturated heterocycles. The SMILES string of the molecule is CC(=O)c1ccnc(-c2nc(C)cs2)n1. The van der Waals surface area contributed by atoms with Crippen molar-refractivity contribution in [3.05, 3.63) is 29.0 Å². The molecular weight excluding hydrogens is 210 g/mol. The highest BCUT2D eigenvalue weighted by atomic mass is 32.1. The Hall–Kier alpha value is -1.62. The lowest BCUT2D eigenvalue weighted by atomic mass is 10.3. The van der Waals surface area contributed by atoms with E-state index in [1.165, 1.54) is 18.3 Å². The van der Waals surface area contributed by atoms with Crippen LogP contribution < -0.4 is 0 Å². The highest BCUT2D eigenvalue weighted by molar-refractivity contribution is 7.13. The third-order valence-electron chi connectivity index (χ3n) is 1.83. The van der Waals surface area contributed by atoms with Gasteiger partial charge in [0.05, 0.1) is 0 Å². The Morgan fingerprint density at radius 1 is 1.40 bits per heavy atom. The van der Waals surface area contributed by atoms with Crippen LogP contribution in [-0.2, 0) is 0 Å². The van der Waals surface area contributed by atoms with Crippen LogP contribution in [0.4, 0.5) is 0 Å². The van der Waals surface area contributed by atoms with Crippen LogP contribution in [0.5, 0.6) is 0 Å². The molecule has 0 atom stereocenters. The summed E-state index contributed by atoms with van der Waals surface area (Å²) in [5.74, 6) is 0.452. The molecule has 0 aliphatic heterocycles. The molecular formula is C10H9N3OS. The lowest BCUT2D eigenvalue weighted by Crippen LogP contribution is -1.99. The van der Waals surface area contributed by atoms with Crippen LogP contribution in [0.2, 0.25) is 0 Å². The second-order valence-electron chi connectivity index (χ2n) is 3.12. The number of Topliss-reactive ketones (excluding diaryl/α,β-unsaturated/α-hetero) is 1. The highest BCUT2D eigenvalue weighted by Gasteiger charge is 2.08. The van der Waals surface area contributed by atoms with Gasteiger partial charge in [0.15, 0.2) is 16.6 Å². The van der Waals surface area contributed by atoms with Gasteiger partial charge in [-0.05, 0) is 13.0 Å². The van der Waals surface area contributed by atoms with Crippen molar-refractivity contribution in [2.24, 2.45) is 0 Å². The topological polar surface area (TPSA) is 55.7 Å². The summed E-state index contributed by atoms with van der Waals surface area (Å²) in [5.41, 5.74) is 1.36.